The van der Waals surface area contributed by atoms with Gasteiger partial charge in [-0.25, -0.2) is 4.98 Å². The Morgan fingerprint density at radius 1 is 1.57 bits per heavy atom. The number of hydrogen-bond donors (Lipinski definition) is 2. The minimum atomic E-state index is -1.56. The molecule has 0 saturated carbocycles. The molecule has 30 heavy (non-hydrogen) atoms. The number of β-lactam (4-membered cyclic amide) rings is 1. The van der Waals surface area contributed by atoms with E-state index < -0.39 is 29.2 Å². The maximum absolute atomic E-state index is 12.6. The van der Waals surface area contributed by atoms with E-state index in [0.717, 1.165) is 16.2 Å². The summed E-state index contributed by atoms with van der Waals surface area (Å²) in [4.78, 5) is 48.9. The number of aliphatic carboxylic acids is 1. The van der Waals surface area contributed by atoms with Crippen molar-refractivity contribution in [3.63, 3.8) is 0 Å². The Bertz CT molecular complexity index is 989. The van der Waals surface area contributed by atoms with Crippen molar-refractivity contribution in [1.29, 1.82) is 0 Å². The molecule has 0 spiro atoms. The molecule has 13 nitrogen and oxygen atoms in total. The number of anilines is 1. The summed E-state index contributed by atoms with van der Waals surface area (Å²) in [7, 11) is 1.25. The van der Waals surface area contributed by atoms with Gasteiger partial charge in [0.25, 0.3) is 11.8 Å². The predicted molar refractivity (Wildman–Crippen MR) is 101 cm³/mol. The first-order valence-electron chi connectivity index (χ1n) is 7.91. The van der Waals surface area contributed by atoms with E-state index in [1.807, 2.05) is 0 Å². The van der Waals surface area contributed by atoms with E-state index in [9.17, 15) is 19.5 Å². The second-order valence-electron chi connectivity index (χ2n) is 5.68. The Kier molecular flexibility index (Phi) is 8.11. The van der Waals surface area contributed by atoms with Crippen LogP contribution in [0.1, 0.15) is 5.69 Å². The largest absolute Gasteiger partial charge is 1.00 e. The number of thiazole rings is 1. The molecule has 3 N–H and O–H groups in total. The number of fused-ring (bicyclic) bond motifs is 1. The maximum atomic E-state index is 12.6. The van der Waals surface area contributed by atoms with Gasteiger partial charge in [0.2, 0.25) is 0 Å². The van der Waals surface area contributed by atoms with Crippen LogP contribution >= 0.6 is 23.1 Å². The van der Waals surface area contributed by atoms with Gasteiger partial charge in [-0.1, -0.05) is 10.3 Å². The molecule has 1 aromatic heterocycles. The van der Waals surface area contributed by atoms with E-state index in [2.05, 4.69) is 30.3 Å². The molecule has 2 amide bonds. The fourth-order valence-electron chi connectivity index (χ4n) is 2.81. The van der Waals surface area contributed by atoms with Crippen LogP contribution in [0.5, 0.6) is 0 Å². The number of carbonyl (C=O) groups excluding carboxylic acids is 3. The number of hydrogen-bond acceptors (Lipinski definition) is 11. The second kappa shape index (κ2) is 10.1. The van der Waals surface area contributed by atoms with Crippen molar-refractivity contribution in [2.24, 2.45) is 10.3 Å². The summed E-state index contributed by atoms with van der Waals surface area (Å²) in [6.07, 6.45) is 0. The number of rotatable bonds is 7. The monoisotopic (exact) mass is 460 g/mol. The summed E-state index contributed by atoms with van der Waals surface area (Å²) in [5, 5.41) is 22.1. The van der Waals surface area contributed by atoms with Crippen molar-refractivity contribution in [2.75, 3.05) is 25.1 Å². The first-order valence-corrected chi connectivity index (χ1v) is 9.84. The molecule has 0 unspecified atom stereocenters. The number of azide groups is 1. The van der Waals surface area contributed by atoms with E-state index in [0.29, 0.717) is 0 Å². The topological polar surface area (TPSA) is 199 Å². The summed E-state index contributed by atoms with van der Waals surface area (Å²) in [5.41, 5.74) is 13.9. The molecule has 152 valence electrons. The molecule has 2 atom stereocenters. The van der Waals surface area contributed by atoms with Crippen molar-refractivity contribution < 1.29 is 53.9 Å². The zero-order chi connectivity index (χ0) is 21.1. The Labute approximate surface area is 199 Å². The Balaban J connectivity index is 0.00000320. The maximum Gasteiger partial charge on any atom is 1.00 e. The molecule has 0 radical (unpaired) electrons. The van der Waals surface area contributed by atoms with Gasteiger partial charge in [0.05, 0.1) is 18.2 Å². The number of carboxylic acid groups (broad SMARTS) is 1. The zero-order valence-corrected chi connectivity index (χ0v) is 19.4. The van der Waals surface area contributed by atoms with Crippen molar-refractivity contribution in [3.8, 4) is 0 Å². The van der Waals surface area contributed by atoms with Crippen LogP contribution in [0.25, 0.3) is 10.4 Å². The third-order valence-corrected chi connectivity index (χ3v) is 6.03. The van der Waals surface area contributed by atoms with Gasteiger partial charge in [-0.15, -0.1) is 23.1 Å². The predicted octanol–water partition coefficient (Wildman–Crippen LogP) is -4.21. The first-order chi connectivity index (χ1) is 13.9. The van der Waals surface area contributed by atoms with Gasteiger partial charge in [0.15, 0.2) is 10.8 Å². The summed E-state index contributed by atoms with van der Waals surface area (Å²) < 4.78 is 0. The van der Waals surface area contributed by atoms with E-state index in [-0.39, 0.29) is 69.7 Å². The SMILES string of the molecule is CO/N=C(\C(=O)N[C@@H]1C(=O)N2C(C(=O)[O-])=C(CN=[N+]=[N-])CS[C@H]12)c1csc(N)n1.[Na+]. The summed E-state index contributed by atoms with van der Waals surface area (Å²) in [6, 6.07) is -0.985. The van der Waals surface area contributed by atoms with Gasteiger partial charge >= 0.3 is 29.6 Å². The van der Waals surface area contributed by atoms with Gasteiger partial charge in [0, 0.05) is 16.0 Å². The number of amides is 2. The van der Waals surface area contributed by atoms with Gasteiger partial charge in [-0.05, 0) is 11.1 Å². The van der Waals surface area contributed by atoms with Gasteiger partial charge in [-0.2, -0.15) is 0 Å². The van der Waals surface area contributed by atoms with Gasteiger partial charge < -0.3 is 25.8 Å². The molecular formula is C14H13N8NaO5S2. The summed E-state index contributed by atoms with van der Waals surface area (Å²) in [6.45, 7) is -0.198. The fraction of sp³-hybridized carbons (Fsp3) is 0.357. The van der Waals surface area contributed by atoms with E-state index in [1.54, 1.807) is 0 Å². The van der Waals surface area contributed by atoms with Crippen LogP contribution in [0.2, 0.25) is 0 Å². The normalized spacial score (nSPS) is 20.4. The van der Waals surface area contributed by atoms with Crippen LogP contribution in [0.4, 0.5) is 5.13 Å². The standard InChI is InChI=1S/C14H14N8O5S2.Na/c1-27-20-7(6-4-29-14(15)18-6)10(23)19-8-11(24)22-9(13(25)26)5(2-17-21-16)3-28-12(8)22;/h4,8,12H,2-3H2,1H3,(H2,15,18)(H,19,23)(H,25,26);/q;+1/p-1/b20-7-;/t8-,12-;/m1./s1. The molecule has 2 aliphatic heterocycles. The quantitative estimate of drug-likeness (QED) is 0.0775. The Morgan fingerprint density at radius 2 is 2.30 bits per heavy atom. The van der Waals surface area contributed by atoms with Crippen molar-refractivity contribution in [3.05, 3.63) is 32.8 Å². The molecule has 0 bridgehead atoms. The average Bonchev–Trinajstić information content (AvgIpc) is 3.13. The Hall–Kier alpha value is -2.29. The Morgan fingerprint density at radius 3 is 2.87 bits per heavy atom. The zero-order valence-electron chi connectivity index (χ0n) is 15.8. The molecule has 2 aliphatic rings. The number of thioether (sulfide) groups is 1. The van der Waals surface area contributed by atoms with Crippen molar-refractivity contribution in [1.82, 2.24) is 15.2 Å². The van der Waals surface area contributed by atoms with Crippen molar-refractivity contribution in [2.45, 2.75) is 11.4 Å². The molecule has 16 heteroatoms. The number of nitrogens with two attached hydrogens (primary N) is 1. The molecule has 1 saturated heterocycles. The molecule has 0 aliphatic carbocycles. The van der Waals surface area contributed by atoms with Gasteiger partial charge in [0.1, 0.15) is 24.2 Å². The molecule has 1 aromatic rings. The molecule has 3 heterocycles. The van der Waals surface area contributed by atoms with Crippen molar-refractivity contribution >= 4 is 51.7 Å². The third kappa shape index (κ3) is 4.55. The smallest absolute Gasteiger partial charge is 0.543 e. The fourth-order valence-corrected chi connectivity index (χ4v) is 4.70. The third-order valence-electron chi connectivity index (χ3n) is 4.01. The second-order valence-corrected chi connectivity index (χ2v) is 7.68. The van der Waals surface area contributed by atoms with Crippen LogP contribution in [0.3, 0.4) is 0 Å². The molecule has 0 aromatic carbocycles. The number of nitrogens with zero attached hydrogens (tertiary/aromatic N) is 6. The van der Waals surface area contributed by atoms with E-state index in [4.69, 9.17) is 11.3 Å². The minimum Gasteiger partial charge on any atom is -0.543 e. The first kappa shape index (κ1) is 24.0. The van der Waals surface area contributed by atoms with Gasteiger partial charge in [-0.3, -0.25) is 14.5 Å². The van der Waals surface area contributed by atoms with Crippen LogP contribution in [0, 0.1) is 0 Å². The van der Waals surface area contributed by atoms with Crippen LogP contribution in [-0.2, 0) is 19.2 Å². The van der Waals surface area contributed by atoms with E-state index >= 15 is 0 Å². The summed E-state index contributed by atoms with van der Waals surface area (Å²) >= 11 is 2.33. The number of nitrogen functional groups attached to an aromatic ring is 1. The summed E-state index contributed by atoms with van der Waals surface area (Å²) in [5.74, 6) is -2.72. The molecule has 1 fully saturated rings. The minimum absolute atomic E-state index is 0. The van der Waals surface area contributed by atoms with Crippen LogP contribution in [0.15, 0.2) is 26.9 Å². The van der Waals surface area contributed by atoms with E-state index in [1.165, 1.54) is 24.3 Å². The number of nitrogens with one attached hydrogen (secondary N) is 1. The molecular weight excluding hydrogens is 447 g/mol. The molecule has 3 rings (SSSR count). The number of carbonyl (C=O) groups is 3. The number of oxime groups is 1. The van der Waals surface area contributed by atoms with Crippen LogP contribution in [-0.4, -0.2) is 64.2 Å². The van der Waals surface area contributed by atoms with Crippen LogP contribution < -0.4 is 45.7 Å². The number of aromatic nitrogens is 1. The average molecular weight is 460 g/mol. The number of carboxylic acids is 1.